The van der Waals surface area contributed by atoms with Gasteiger partial charge in [-0.25, -0.2) is 4.79 Å². The molecule has 1 aliphatic heterocycles. The van der Waals surface area contributed by atoms with Crippen molar-refractivity contribution in [2.45, 2.75) is 51.5 Å². The summed E-state index contributed by atoms with van der Waals surface area (Å²) < 4.78 is 0. The number of hydrazine groups is 1. The van der Waals surface area contributed by atoms with E-state index in [0.29, 0.717) is 6.42 Å². The summed E-state index contributed by atoms with van der Waals surface area (Å²) in [6.07, 6.45) is 4.87. The molecular formula is C18H24N4O3. The Morgan fingerprint density at radius 1 is 1.28 bits per heavy atom. The third-order valence-electron chi connectivity index (χ3n) is 5.04. The fourth-order valence-corrected chi connectivity index (χ4v) is 3.31. The molecule has 25 heavy (non-hydrogen) atoms. The van der Waals surface area contributed by atoms with E-state index in [1.165, 1.54) is 17.5 Å². The van der Waals surface area contributed by atoms with Crippen molar-refractivity contribution in [1.82, 2.24) is 15.8 Å². The predicted molar refractivity (Wildman–Crippen MR) is 93.8 cm³/mol. The van der Waals surface area contributed by atoms with E-state index in [1.54, 1.807) is 6.92 Å². The number of hydrogen-bond acceptors (Lipinski definition) is 4. The third-order valence-corrected chi connectivity index (χ3v) is 5.04. The number of anilines is 1. The number of carbonyl (C=O) groups excluding carboxylic acids is 3. The molecule has 1 atom stereocenters. The molecule has 0 radical (unpaired) electrons. The fraction of sp³-hybridized carbons (Fsp3) is 0.500. The Morgan fingerprint density at radius 2 is 2.04 bits per heavy atom. The number of benzene rings is 1. The van der Waals surface area contributed by atoms with E-state index in [-0.39, 0.29) is 6.54 Å². The lowest BCUT2D eigenvalue weighted by Crippen LogP contribution is -2.50. The first-order valence-corrected chi connectivity index (χ1v) is 8.75. The van der Waals surface area contributed by atoms with Gasteiger partial charge in [-0.3, -0.25) is 15.0 Å². The van der Waals surface area contributed by atoms with Crippen molar-refractivity contribution in [2.75, 3.05) is 11.9 Å². The van der Waals surface area contributed by atoms with Gasteiger partial charge in [0.15, 0.2) is 0 Å². The summed E-state index contributed by atoms with van der Waals surface area (Å²) in [6.45, 7) is 3.45. The molecule has 134 valence electrons. The number of hydrogen-bond donors (Lipinski definition) is 3. The smallest absolute Gasteiger partial charge is 0.344 e. The highest BCUT2D eigenvalue weighted by molar-refractivity contribution is 6.07. The minimum atomic E-state index is -0.962. The van der Waals surface area contributed by atoms with E-state index in [4.69, 9.17) is 0 Å². The molecule has 1 aliphatic carbocycles. The van der Waals surface area contributed by atoms with Crippen LogP contribution in [-0.4, -0.2) is 34.9 Å². The molecular weight excluding hydrogens is 320 g/mol. The second kappa shape index (κ2) is 6.74. The summed E-state index contributed by atoms with van der Waals surface area (Å²) in [5, 5.41) is 6.50. The highest BCUT2D eigenvalue weighted by atomic mass is 16.2. The van der Waals surface area contributed by atoms with E-state index in [2.05, 4.69) is 22.1 Å². The standard InChI is InChI=1S/C18H24N4O3/c1-3-18(2)16(24)22(17(25)20-18)21-15(23)11-19-14-10-6-8-12-7-4-5-9-13(12)14/h6,8,10,19H,3-5,7,9,11H2,1-2H3,(H,20,25)(H,21,23)/t18-/m1/s1. The third kappa shape index (κ3) is 3.31. The summed E-state index contributed by atoms with van der Waals surface area (Å²) in [5.41, 5.74) is 4.96. The predicted octanol–water partition coefficient (Wildman–Crippen LogP) is 1.73. The first kappa shape index (κ1) is 17.3. The maximum absolute atomic E-state index is 12.3. The van der Waals surface area contributed by atoms with Crippen LogP contribution in [0, 0.1) is 0 Å². The summed E-state index contributed by atoms with van der Waals surface area (Å²) >= 11 is 0. The quantitative estimate of drug-likeness (QED) is 0.710. The average molecular weight is 344 g/mol. The molecule has 1 aromatic rings. The molecule has 0 unspecified atom stereocenters. The van der Waals surface area contributed by atoms with Crippen LogP contribution in [0.1, 0.15) is 44.2 Å². The zero-order valence-electron chi connectivity index (χ0n) is 14.6. The van der Waals surface area contributed by atoms with E-state index in [0.717, 1.165) is 30.0 Å². The molecule has 0 bridgehead atoms. The number of imide groups is 1. The van der Waals surface area contributed by atoms with Gasteiger partial charge in [0.05, 0.1) is 6.54 Å². The normalized spacial score (nSPS) is 22.4. The first-order chi connectivity index (χ1) is 11.9. The van der Waals surface area contributed by atoms with Crippen molar-refractivity contribution < 1.29 is 14.4 Å². The maximum Gasteiger partial charge on any atom is 0.344 e. The zero-order chi connectivity index (χ0) is 18.0. The topological polar surface area (TPSA) is 90.5 Å². The van der Waals surface area contributed by atoms with Crippen LogP contribution >= 0.6 is 0 Å². The van der Waals surface area contributed by atoms with Crippen molar-refractivity contribution in [3.8, 4) is 0 Å². The molecule has 1 heterocycles. The molecule has 2 aliphatic rings. The van der Waals surface area contributed by atoms with Gasteiger partial charge >= 0.3 is 6.03 Å². The van der Waals surface area contributed by atoms with Crippen molar-refractivity contribution in [3.05, 3.63) is 29.3 Å². The van der Waals surface area contributed by atoms with Gasteiger partial charge in [0.2, 0.25) is 0 Å². The number of nitrogens with zero attached hydrogens (tertiary/aromatic N) is 1. The van der Waals surface area contributed by atoms with Crippen LogP contribution in [0.15, 0.2) is 18.2 Å². The van der Waals surface area contributed by atoms with Gasteiger partial charge in [-0.15, -0.1) is 0 Å². The van der Waals surface area contributed by atoms with Crippen molar-refractivity contribution in [3.63, 3.8) is 0 Å². The highest BCUT2D eigenvalue weighted by Crippen LogP contribution is 2.27. The molecule has 0 spiro atoms. The highest BCUT2D eigenvalue weighted by Gasteiger charge is 2.47. The molecule has 4 amide bonds. The average Bonchev–Trinajstić information content (AvgIpc) is 2.83. The van der Waals surface area contributed by atoms with Crippen LogP contribution in [0.2, 0.25) is 0 Å². The largest absolute Gasteiger partial charge is 0.376 e. The van der Waals surface area contributed by atoms with Gasteiger partial charge < -0.3 is 10.6 Å². The van der Waals surface area contributed by atoms with Crippen molar-refractivity contribution in [1.29, 1.82) is 0 Å². The second-order valence-corrected chi connectivity index (χ2v) is 6.80. The lowest BCUT2D eigenvalue weighted by molar-refractivity contribution is -0.138. The van der Waals surface area contributed by atoms with Crippen molar-refractivity contribution in [2.24, 2.45) is 0 Å². The Hall–Kier alpha value is -2.57. The van der Waals surface area contributed by atoms with Crippen molar-refractivity contribution >= 4 is 23.5 Å². The molecule has 1 fully saturated rings. The van der Waals surface area contributed by atoms with Gasteiger partial charge in [0.1, 0.15) is 5.54 Å². The van der Waals surface area contributed by atoms with Crippen LogP contribution in [0.4, 0.5) is 10.5 Å². The van der Waals surface area contributed by atoms with E-state index in [1.807, 2.05) is 19.1 Å². The molecule has 0 aromatic heterocycles. The minimum absolute atomic E-state index is 0.00362. The van der Waals surface area contributed by atoms with Crippen LogP contribution in [0.25, 0.3) is 0 Å². The Bertz CT molecular complexity index is 718. The van der Waals surface area contributed by atoms with Crippen LogP contribution in [0.5, 0.6) is 0 Å². The minimum Gasteiger partial charge on any atom is -0.376 e. The van der Waals surface area contributed by atoms with Gasteiger partial charge in [0.25, 0.3) is 11.8 Å². The SMILES string of the molecule is CC[C@@]1(C)NC(=O)N(NC(=O)CNc2cccc3c2CCCC3)C1=O. The number of amides is 4. The number of rotatable bonds is 5. The molecule has 1 aromatic carbocycles. The Kier molecular flexibility index (Phi) is 4.65. The summed E-state index contributed by atoms with van der Waals surface area (Å²) in [5.74, 6) is -0.872. The number of nitrogens with one attached hydrogen (secondary N) is 3. The number of carbonyl (C=O) groups is 3. The molecule has 3 N–H and O–H groups in total. The number of aryl methyl sites for hydroxylation is 1. The summed E-state index contributed by atoms with van der Waals surface area (Å²) in [4.78, 5) is 36.4. The first-order valence-electron chi connectivity index (χ1n) is 8.75. The maximum atomic E-state index is 12.3. The van der Waals surface area contributed by atoms with Crippen LogP contribution in [0.3, 0.4) is 0 Å². The van der Waals surface area contributed by atoms with E-state index >= 15 is 0 Å². The lowest BCUT2D eigenvalue weighted by Gasteiger charge is -2.21. The Morgan fingerprint density at radius 3 is 2.76 bits per heavy atom. The van der Waals surface area contributed by atoms with E-state index in [9.17, 15) is 14.4 Å². The second-order valence-electron chi connectivity index (χ2n) is 6.80. The number of fused-ring (bicyclic) bond motifs is 1. The van der Waals surface area contributed by atoms with Gasteiger partial charge in [0, 0.05) is 5.69 Å². The van der Waals surface area contributed by atoms with Gasteiger partial charge in [-0.2, -0.15) is 5.01 Å². The van der Waals surface area contributed by atoms with Crippen LogP contribution < -0.4 is 16.1 Å². The molecule has 0 saturated carbocycles. The molecule has 7 heteroatoms. The molecule has 3 rings (SSSR count). The fourth-order valence-electron chi connectivity index (χ4n) is 3.31. The molecule has 7 nitrogen and oxygen atoms in total. The van der Waals surface area contributed by atoms with Gasteiger partial charge in [-0.1, -0.05) is 19.1 Å². The number of urea groups is 1. The molecule has 1 saturated heterocycles. The van der Waals surface area contributed by atoms with E-state index < -0.39 is 23.4 Å². The Labute approximate surface area is 147 Å². The van der Waals surface area contributed by atoms with Crippen LogP contribution in [-0.2, 0) is 22.4 Å². The zero-order valence-corrected chi connectivity index (χ0v) is 14.6. The summed E-state index contributed by atoms with van der Waals surface area (Å²) in [7, 11) is 0. The Balaban J connectivity index is 1.61. The summed E-state index contributed by atoms with van der Waals surface area (Å²) in [6, 6.07) is 5.46. The lowest BCUT2D eigenvalue weighted by atomic mass is 9.90. The monoisotopic (exact) mass is 344 g/mol. The van der Waals surface area contributed by atoms with Gasteiger partial charge in [-0.05, 0) is 56.2 Å².